The van der Waals surface area contributed by atoms with Crippen LogP contribution < -0.4 is 10.6 Å². The topological polar surface area (TPSA) is 70.6 Å². The van der Waals surface area contributed by atoms with Crippen LogP contribution in [-0.4, -0.2) is 36.4 Å². The van der Waals surface area contributed by atoms with Crippen LogP contribution in [0.5, 0.6) is 0 Å². The number of rotatable bonds is 7. The number of hydrogen-bond acceptors (Lipinski definition) is 3. The van der Waals surface area contributed by atoms with Crippen LogP contribution in [0.3, 0.4) is 0 Å². The Morgan fingerprint density at radius 3 is 2.50 bits per heavy atom. The minimum Gasteiger partial charge on any atom is -0.383 e. The molecule has 3 N–H and O–H groups in total. The van der Waals surface area contributed by atoms with Crippen molar-refractivity contribution >= 4 is 6.03 Å². The molecule has 1 aromatic rings. The van der Waals surface area contributed by atoms with Gasteiger partial charge in [0.1, 0.15) is 17.2 Å². The minimum atomic E-state index is -1.66. The summed E-state index contributed by atoms with van der Waals surface area (Å²) in [5, 5.41) is 15.6. The van der Waals surface area contributed by atoms with E-state index < -0.39 is 23.3 Å². The van der Waals surface area contributed by atoms with Crippen molar-refractivity contribution in [2.45, 2.75) is 51.4 Å². The highest BCUT2D eigenvalue weighted by Crippen LogP contribution is 2.23. The van der Waals surface area contributed by atoms with Crippen molar-refractivity contribution in [2.24, 2.45) is 0 Å². The Morgan fingerprint density at radius 1 is 1.33 bits per heavy atom. The number of amides is 2. The zero-order valence-electron chi connectivity index (χ0n) is 14.7. The zero-order chi connectivity index (χ0) is 18.5. The second-order valence-corrected chi connectivity index (χ2v) is 6.79. The second kappa shape index (κ2) is 7.90. The first kappa shape index (κ1) is 20.3. The standard InChI is InChI=1S/C17H26F2N2O3/c1-11(9-16(2,3)24-5)21-15(22)20-10-17(4,23)13-7-6-12(18)8-14(13)19/h6-8,11,23H,9-10H2,1-5H3,(H2,20,21,22). The van der Waals surface area contributed by atoms with Crippen LogP contribution in [0.1, 0.15) is 39.7 Å². The fraction of sp³-hybridized carbons (Fsp3) is 0.588. The van der Waals surface area contributed by atoms with E-state index in [1.54, 1.807) is 7.11 Å². The summed E-state index contributed by atoms with van der Waals surface area (Å²) in [5.74, 6) is -1.59. The van der Waals surface area contributed by atoms with E-state index in [9.17, 15) is 18.7 Å². The van der Waals surface area contributed by atoms with Gasteiger partial charge in [0.2, 0.25) is 0 Å². The first-order chi connectivity index (χ1) is 11.0. The number of ether oxygens (including phenoxy) is 1. The lowest BCUT2D eigenvalue weighted by Crippen LogP contribution is -2.47. The predicted molar refractivity (Wildman–Crippen MR) is 87.6 cm³/mol. The highest BCUT2D eigenvalue weighted by Gasteiger charge is 2.28. The van der Waals surface area contributed by atoms with Gasteiger partial charge in [-0.05, 0) is 40.2 Å². The number of halogens is 2. The van der Waals surface area contributed by atoms with E-state index in [4.69, 9.17) is 4.74 Å². The Kier molecular flexibility index (Phi) is 6.68. The van der Waals surface area contributed by atoms with Gasteiger partial charge in [-0.1, -0.05) is 6.07 Å². The lowest BCUT2D eigenvalue weighted by atomic mass is 9.95. The monoisotopic (exact) mass is 344 g/mol. The first-order valence-corrected chi connectivity index (χ1v) is 7.74. The van der Waals surface area contributed by atoms with Crippen LogP contribution in [0.15, 0.2) is 18.2 Å². The van der Waals surface area contributed by atoms with Crippen molar-refractivity contribution in [2.75, 3.05) is 13.7 Å². The third kappa shape index (κ3) is 6.05. The van der Waals surface area contributed by atoms with Crippen LogP contribution in [0, 0.1) is 11.6 Å². The first-order valence-electron chi connectivity index (χ1n) is 7.74. The summed E-state index contributed by atoms with van der Waals surface area (Å²) >= 11 is 0. The van der Waals surface area contributed by atoms with Gasteiger partial charge in [0.15, 0.2) is 0 Å². The van der Waals surface area contributed by atoms with E-state index in [1.165, 1.54) is 6.92 Å². The lowest BCUT2D eigenvalue weighted by molar-refractivity contribution is 0.00930. The molecule has 2 atom stereocenters. The number of nitrogens with one attached hydrogen (secondary N) is 2. The fourth-order valence-corrected chi connectivity index (χ4v) is 2.42. The maximum Gasteiger partial charge on any atom is 0.315 e. The molecule has 0 spiro atoms. The van der Waals surface area contributed by atoms with Crippen molar-refractivity contribution in [3.8, 4) is 0 Å². The molecule has 0 saturated carbocycles. The van der Waals surface area contributed by atoms with E-state index in [0.29, 0.717) is 12.5 Å². The normalized spacial score (nSPS) is 15.5. The van der Waals surface area contributed by atoms with Gasteiger partial charge < -0.3 is 20.5 Å². The number of urea groups is 1. The molecule has 0 aliphatic rings. The highest BCUT2D eigenvalue weighted by atomic mass is 19.1. The Hall–Kier alpha value is -1.73. The summed E-state index contributed by atoms with van der Waals surface area (Å²) in [6, 6.07) is 2.26. The van der Waals surface area contributed by atoms with Crippen LogP contribution in [0.2, 0.25) is 0 Å². The molecule has 2 amide bonds. The Balaban J connectivity index is 2.59. The molecule has 1 rings (SSSR count). The van der Waals surface area contributed by atoms with Crippen molar-refractivity contribution < 1.29 is 23.4 Å². The predicted octanol–water partition coefficient (Wildman–Crippen LogP) is 2.68. The van der Waals surface area contributed by atoms with Crippen molar-refractivity contribution in [1.82, 2.24) is 10.6 Å². The zero-order valence-corrected chi connectivity index (χ0v) is 14.7. The number of aliphatic hydroxyl groups is 1. The molecule has 136 valence electrons. The Bertz CT molecular complexity index is 577. The third-order valence-electron chi connectivity index (χ3n) is 3.83. The Labute approximate surface area is 141 Å². The molecule has 1 aromatic carbocycles. The van der Waals surface area contributed by atoms with Gasteiger partial charge in [0, 0.05) is 24.8 Å². The van der Waals surface area contributed by atoms with Crippen molar-refractivity contribution in [3.63, 3.8) is 0 Å². The molecule has 0 radical (unpaired) electrons. The van der Waals surface area contributed by atoms with Gasteiger partial charge in [-0.3, -0.25) is 0 Å². The van der Waals surface area contributed by atoms with Crippen molar-refractivity contribution in [3.05, 3.63) is 35.4 Å². The lowest BCUT2D eigenvalue weighted by Gasteiger charge is -2.28. The van der Waals surface area contributed by atoms with E-state index in [-0.39, 0.29) is 23.8 Å². The molecule has 24 heavy (non-hydrogen) atoms. The summed E-state index contributed by atoms with van der Waals surface area (Å²) in [7, 11) is 1.60. The second-order valence-electron chi connectivity index (χ2n) is 6.79. The van der Waals surface area contributed by atoms with E-state index in [1.807, 2.05) is 20.8 Å². The van der Waals surface area contributed by atoms with Crippen LogP contribution >= 0.6 is 0 Å². The molecule has 0 bridgehead atoms. The van der Waals surface area contributed by atoms with Gasteiger partial charge in [-0.15, -0.1) is 0 Å². The van der Waals surface area contributed by atoms with Crippen LogP contribution in [0.4, 0.5) is 13.6 Å². The maximum atomic E-state index is 13.8. The molecule has 0 aliphatic heterocycles. The van der Waals surface area contributed by atoms with Gasteiger partial charge in [-0.2, -0.15) is 0 Å². The minimum absolute atomic E-state index is 0.0854. The molecule has 5 nitrogen and oxygen atoms in total. The smallest absolute Gasteiger partial charge is 0.315 e. The molecular weight excluding hydrogens is 318 g/mol. The number of carbonyl (C=O) groups excluding carboxylic acids is 1. The third-order valence-corrected chi connectivity index (χ3v) is 3.83. The molecule has 0 saturated heterocycles. The van der Waals surface area contributed by atoms with Gasteiger partial charge >= 0.3 is 6.03 Å². The Morgan fingerprint density at radius 2 is 1.96 bits per heavy atom. The SMILES string of the molecule is COC(C)(C)CC(C)NC(=O)NCC(C)(O)c1ccc(F)cc1F. The molecule has 0 aromatic heterocycles. The highest BCUT2D eigenvalue weighted by molar-refractivity contribution is 5.74. The molecule has 0 heterocycles. The average Bonchev–Trinajstić information content (AvgIpc) is 2.44. The number of methoxy groups -OCH3 is 1. The van der Waals surface area contributed by atoms with Crippen LogP contribution in [-0.2, 0) is 10.3 Å². The summed E-state index contributed by atoms with van der Waals surface area (Å²) in [4.78, 5) is 11.9. The van der Waals surface area contributed by atoms with E-state index >= 15 is 0 Å². The summed E-state index contributed by atoms with van der Waals surface area (Å²) in [6.07, 6.45) is 0.597. The van der Waals surface area contributed by atoms with E-state index in [2.05, 4.69) is 10.6 Å². The summed E-state index contributed by atoms with van der Waals surface area (Å²) in [5.41, 5.74) is -2.13. The van der Waals surface area contributed by atoms with Crippen molar-refractivity contribution in [1.29, 1.82) is 0 Å². The molecule has 0 aliphatic carbocycles. The summed E-state index contributed by atoms with van der Waals surface area (Å²) in [6.45, 7) is 6.78. The van der Waals surface area contributed by atoms with Gasteiger partial charge in [-0.25, -0.2) is 13.6 Å². The van der Waals surface area contributed by atoms with Crippen LogP contribution in [0.25, 0.3) is 0 Å². The van der Waals surface area contributed by atoms with Gasteiger partial charge in [0.25, 0.3) is 0 Å². The molecule has 7 heteroatoms. The maximum absolute atomic E-state index is 13.8. The molecule has 2 unspecified atom stereocenters. The average molecular weight is 344 g/mol. The number of hydrogen-bond donors (Lipinski definition) is 3. The van der Waals surface area contributed by atoms with Gasteiger partial charge in [0.05, 0.1) is 12.1 Å². The largest absolute Gasteiger partial charge is 0.383 e. The molecule has 0 fully saturated rings. The number of benzene rings is 1. The van der Waals surface area contributed by atoms with E-state index in [0.717, 1.165) is 12.1 Å². The molecular formula is C17H26F2N2O3. The summed E-state index contributed by atoms with van der Waals surface area (Å²) < 4.78 is 32.0. The quantitative estimate of drug-likeness (QED) is 0.712. The fourth-order valence-electron chi connectivity index (χ4n) is 2.42. The number of carbonyl (C=O) groups is 1.